The standard InChI is InChI=1S/C17H24N6O3S/c1-3-26-11-14-20-21-17(27-14)23-10-13(7-15(23)24)16(25)18-6-4-5-12-8-19-22(2)9-12/h8-9,13H,3-7,10-11H2,1-2H3,(H,18,25). The predicted octanol–water partition coefficient (Wildman–Crippen LogP) is 0.910. The van der Waals surface area contributed by atoms with Gasteiger partial charge >= 0.3 is 0 Å². The van der Waals surface area contributed by atoms with Gasteiger partial charge in [0.1, 0.15) is 11.6 Å². The normalized spacial score (nSPS) is 16.9. The van der Waals surface area contributed by atoms with Gasteiger partial charge in [0.15, 0.2) is 0 Å². The van der Waals surface area contributed by atoms with E-state index in [-0.39, 0.29) is 24.2 Å². The molecule has 2 aromatic heterocycles. The smallest absolute Gasteiger partial charge is 0.229 e. The zero-order valence-corrected chi connectivity index (χ0v) is 16.4. The Morgan fingerprint density at radius 3 is 3.04 bits per heavy atom. The Balaban J connectivity index is 1.44. The highest BCUT2D eigenvalue weighted by atomic mass is 32.1. The number of hydrogen-bond acceptors (Lipinski definition) is 7. The molecule has 9 nitrogen and oxygen atoms in total. The van der Waals surface area contributed by atoms with Crippen molar-refractivity contribution in [2.45, 2.75) is 32.8 Å². The number of anilines is 1. The van der Waals surface area contributed by atoms with Gasteiger partial charge in [-0.15, -0.1) is 10.2 Å². The molecule has 10 heteroatoms. The van der Waals surface area contributed by atoms with Crippen LogP contribution in [0.5, 0.6) is 0 Å². The third-order valence-corrected chi connectivity index (χ3v) is 5.23. The zero-order valence-electron chi connectivity index (χ0n) is 15.6. The molecule has 1 aliphatic rings. The quantitative estimate of drug-likeness (QED) is 0.637. The predicted molar refractivity (Wildman–Crippen MR) is 100 cm³/mol. The molecular formula is C17H24N6O3S. The molecular weight excluding hydrogens is 368 g/mol. The van der Waals surface area contributed by atoms with Crippen molar-refractivity contribution in [3.05, 3.63) is 23.0 Å². The number of aromatic nitrogens is 4. The summed E-state index contributed by atoms with van der Waals surface area (Å²) in [4.78, 5) is 26.2. The van der Waals surface area contributed by atoms with Crippen LogP contribution in [0.4, 0.5) is 5.13 Å². The number of aryl methyl sites for hydroxylation is 2. The number of carbonyl (C=O) groups is 2. The zero-order chi connectivity index (χ0) is 19.2. The largest absolute Gasteiger partial charge is 0.374 e. The van der Waals surface area contributed by atoms with E-state index in [0.717, 1.165) is 23.4 Å². The number of ether oxygens (including phenoxy) is 1. The van der Waals surface area contributed by atoms with E-state index in [0.29, 0.717) is 31.4 Å². The lowest BCUT2D eigenvalue weighted by Crippen LogP contribution is -2.33. The molecule has 1 saturated heterocycles. The Morgan fingerprint density at radius 1 is 1.44 bits per heavy atom. The van der Waals surface area contributed by atoms with Crippen LogP contribution in [-0.2, 0) is 34.4 Å². The van der Waals surface area contributed by atoms with Crippen molar-refractivity contribution in [2.24, 2.45) is 13.0 Å². The van der Waals surface area contributed by atoms with Gasteiger partial charge in [-0.3, -0.25) is 19.2 Å². The fraction of sp³-hybridized carbons (Fsp3) is 0.588. The van der Waals surface area contributed by atoms with Crippen molar-refractivity contribution < 1.29 is 14.3 Å². The first-order chi connectivity index (χ1) is 13.1. The van der Waals surface area contributed by atoms with E-state index in [1.54, 1.807) is 9.58 Å². The number of hydrogen-bond donors (Lipinski definition) is 1. The van der Waals surface area contributed by atoms with Gasteiger partial charge < -0.3 is 10.1 Å². The fourth-order valence-corrected chi connectivity index (χ4v) is 3.72. The molecule has 1 fully saturated rings. The average Bonchev–Trinajstić information content (AvgIpc) is 3.36. The van der Waals surface area contributed by atoms with E-state index in [4.69, 9.17) is 4.74 Å². The van der Waals surface area contributed by atoms with Crippen molar-refractivity contribution in [3.63, 3.8) is 0 Å². The lowest BCUT2D eigenvalue weighted by molar-refractivity contribution is -0.126. The minimum Gasteiger partial charge on any atom is -0.374 e. The van der Waals surface area contributed by atoms with Gasteiger partial charge in [0.05, 0.1) is 12.1 Å². The molecule has 146 valence electrons. The van der Waals surface area contributed by atoms with Crippen LogP contribution in [0, 0.1) is 5.92 Å². The highest BCUT2D eigenvalue weighted by molar-refractivity contribution is 7.15. The molecule has 3 rings (SSSR count). The first-order valence-corrected chi connectivity index (χ1v) is 9.84. The van der Waals surface area contributed by atoms with Gasteiger partial charge in [0.2, 0.25) is 16.9 Å². The van der Waals surface area contributed by atoms with Crippen LogP contribution in [-0.4, -0.2) is 51.5 Å². The second kappa shape index (κ2) is 9.05. The number of nitrogens with zero attached hydrogens (tertiary/aromatic N) is 5. The fourth-order valence-electron chi connectivity index (χ4n) is 2.92. The maximum atomic E-state index is 12.4. The third-order valence-electron chi connectivity index (χ3n) is 4.31. The Hall–Kier alpha value is -2.33. The summed E-state index contributed by atoms with van der Waals surface area (Å²) in [5.74, 6) is -0.532. The van der Waals surface area contributed by atoms with Crippen molar-refractivity contribution >= 4 is 28.3 Å². The molecule has 0 aliphatic carbocycles. The number of carbonyl (C=O) groups excluding carboxylic acids is 2. The summed E-state index contributed by atoms with van der Waals surface area (Å²) in [5, 5.41) is 16.4. The van der Waals surface area contributed by atoms with Crippen LogP contribution >= 0.6 is 11.3 Å². The molecule has 0 bridgehead atoms. The Labute approximate surface area is 161 Å². The first-order valence-electron chi connectivity index (χ1n) is 9.02. The first kappa shape index (κ1) is 19.4. The number of rotatable bonds is 9. The lowest BCUT2D eigenvalue weighted by atomic mass is 10.1. The molecule has 0 aromatic carbocycles. The molecule has 0 saturated carbocycles. The number of amides is 2. The van der Waals surface area contributed by atoms with Crippen LogP contribution in [0.15, 0.2) is 12.4 Å². The maximum absolute atomic E-state index is 12.4. The lowest BCUT2D eigenvalue weighted by Gasteiger charge is -2.12. The Morgan fingerprint density at radius 2 is 2.30 bits per heavy atom. The molecule has 0 spiro atoms. The summed E-state index contributed by atoms with van der Waals surface area (Å²) in [6.07, 6.45) is 5.69. The van der Waals surface area contributed by atoms with Crippen molar-refractivity contribution in [1.29, 1.82) is 0 Å². The van der Waals surface area contributed by atoms with Crippen molar-refractivity contribution in [1.82, 2.24) is 25.3 Å². The summed E-state index contributed by atoms with van der Waals surface area (Å²) < 4.78 is 7.07. The Bertz CT molecular complexity index is 789. The minimum absolute atomic E-state index is 0.0870. The molecule has 1 atom stereocenters. The highest BCUT2D eigenvalue weighted by Gasteiger charge is 2.36. The summed E-state index contributed by atoms with van der Waals surface area (Å²) in [6.45, 7) is 3.82. The maximum Gasteiger partial charge on any atom is 0.229 e. The molecule has 2 aromatic rings. The average molecular weight is 392 g/mol. The van der Waals surface area contributed by atoms with E-state index in [1.165, 1.54) is 11.3 Å². The third kappa shape index (κ3) is 5.10. The van der Waals surface area contributed by atoms with Gasteiger partial charge in [-0.2, -0.15) is 5.10 Å². The van der Waals surface area contributed by atoms with Crippen LogP contribution < -0.4 is 10.2 Å². The van der Waals surface area contributed by atoms with Crippen molar-refractivity contribution in [3.8, 4) is 0 Å². The van der Waals surface area contributed by atoms with Crippen molar-refractivity contribution in [2.75, 3.05) is 24.6 Å². The molecule has 0 radical (unpaired) electrons. The van der Waals surface area contributed by atoms with Gasteiger partial charge in [-0.05, 0) is 25.3 Å². The monoisotopic (exact) mass is 392 g/mol. The SMILES string of the molecule is CCOCc1nnc(N2CC(C(=O)NCCCc3cnn(C)c3)CC2=O)s1. The van der Waals surface area contributed by atoms with E-state index < -0.39 is 0 Å². The number of nitrogens with one attached hydrogen (secondary N) is 1. The summed E-state index contributed by atoms with van der Waals surface area (Å²) in [7, 11) is 1.88. The van der Waals surface area contributed by atoms with E-state index >= 15 is 0 Å². The Kier molecular flexibility index (Phi) is 6.51. The van der Waals surface area contributed by atoms with E-state index in [2.05, 4.69) is 20.6 Å². The van der Waals surface area contributed by atoms with Crippen LogP contribution in [0.2, 0.25) is 0 Å². The summed E-state index contributed by atoms with van der Waals surface area (Å²) >= 11 is 1.33. The second-order valence-corrected chi connectivity index (χ2v) is 7.48. The molecule has 1 unspecified atom stereocenters. The van der Waals surface area contributed by atoms with E-state index in [9.17, 15) is 9.59 Å². The molecule has 2 amide bonds. The topological polar surface area (TPSA) is 102 Å². The van der Waals surface area contributed by atoms with E-state index in [1.807, 2.05) is 26.4 Å². The van der Waals surface area contributed by atoms with Gasteiger partial charge in [0, 0.05) is 39.4 Å². The van der Waals surface area contributed by atoms with Crippen LogP contribution in [0.25, 0.3) is 0 Å². The summed E-state index contributed by atoms with van der Waals surface area (Å²) in [5.41, 5.74) is 1.15. The summed E-state index contributed by atoms with van der Waals surface area (Å²) in [6, 6.07) is 0. The van der Waals surface area contributed by atoms with Crippen LogP contribution in [0.1, 0.15) is 30.3 Å². The molecule has 1 N–H and O–H groups in total. The molecule has 27 heavy (non-hydrogen) atoms. The molecule has 1 aliphatic heterocycles. The highest BCUT2D eigenvalue weighted by Crippen LogP contribution is 2.28. The van der Waals surface area contributed by atoms with Gasteiger partial charge in [0.25, 0.3) is 0 Å². The van der Waals surface area contributed by atoms with Gasteiger partial charge in [-0.25, -0.2) is 0 Å². The molecule has 3 heterocycles. The van der Waals surface area contributed by atoms with Gasteiger partial charge in [-0.1, -0.05) is 11.3 Å². The second-order valence-electron chi connectivity index (χ2n) is 6.44. The van der Waals surface area contributed by atoms with Crippen LogP contribution in [0.3, 0.4) is 0 Å². The minimum atomic E-state index is -0.352.